The molecule has 0 radical (unpaired) electrons. The van der Waals surface area contributed by atoms with Crippen molar-refractivity contribution >= 4 is 12.1 Å². The highest BCUT2D eigenvalue weighted by atomic mass is 16.2. The molecule has 0 saturated heterocycles. The van der Waals surface area contributed by atoms with Crippen molar-refractivity contribution in [3.63, 3.8) is 0 Å². The van der Waals surface area contributed by atoms with Crippen molar-refractivity contribution in [2.75, 3.05) is 7.05 Å². The van der Waals surface area contributed by atoms with Gasteiger partial charge in [0.15, 0.2) is 0 Å². The largest absolute Gasteiger partial charge is 0.337 e. The van der Waals surface area contributed by atoms with Crippen LogP contribution in [0.4, 0.5) is 0 Å². The molecule has 4 nitrogen and oxygen atoms in total. The van der Waals surface area contributed by atoms with Crippen LogP contribution in [-0.2, 0) is 6.54 Å². The number of aryl methyl sites for hydroxylation is 1. The van der Waals surface area contributed by atoms with Gasteiger partial charge in [0.25, 0.3) is 5.91 Å². The van der Waals surface area contributed by atoms with Crippen molar-refractivity contribution in [2.24, 2.45) is 4.99 Å². The van der Waals surface area contributed by atoms with Crippen LogP contribution < -0.4 is 0 Å². The molecule has 2 aromatic rings. The van der Waals surface area contributed by atoms with E-state index in [4.69, 9.17) is 6.42 Å². The molecule has 1 aromatic carbocycles. The van der Waals surface area contributed by atoms with Gasteiger partial charge in [0.1, 0.15) is 0 Å². The number of nitrogens with zero attached hydrogens (tertiary/aromatic N) is 3. The molecule has 4 heteroatoms. The van der Waals surface area contributed by atoms with Crippen LogP contribution >= 0.6 is 0 Å². The third-order valence-electron chi connectivity index (χ3n) is 4.03. The first-order valence-corrected chi connectivity index (χ1v) is 10.9. The van der Waals surface area contributed by atoms with Gasteiger partial charge in [-0.05, 0) is 36.6 Å². The van der Waals surface area contributed by atoms with Crippen molar-refractivity contribution in [2.45, 2.75) is 61.9 Å². The fourth-order valence-electron chi connectivity index (χ4n) is 2.65. The van der Waals surface area contributed by atoms with Gasteiger partial charge in [-0.2, -0.15) is 0 Å². The van der Waals surface area contributed by atoms with Crippen LogP contribution in [0.1, 0.15) is 79.7 Å². The molecular weight excluding hydrogens is 382 g/mol. The van der Waals surface area contributed by atoms with Gasteiger partial charge >= 0.3 is 0 Å². The smallest absolute Gasteiger partial charge is 0.254 e. The first-order valence-electron chi connectivity index (χ1n) is 10.9. The van der Waals surface area contributed by atoms with Gasteiger partial charge in [-0.25, -0.2) is 0 Å². The van der Waals surface area contributed by atoms with E-state index in [0.717, 1.165) is 33.4 Å². The minimum Gasteiger partial charge on any atom is -0.337 e. The van der Waals surface area contributed by atoms with Crippen LogP contribution in [0.5, 0.6) is 0 Å². The predicted octanol–water partition coefficient (Wildman–Crippen LogP) is 6.59. The summed E-state index contributed by atoms with van der Waals surface area (Å²) in [5, 5.41) is 0. The Labute approximate surface area is 190 Å². The molecule has 0 fully saturated rings. The topological polar surface area (TPSA) is 45.6 Å². The van der Waals surface area contributed by atoms with Crippen LogP contribution in [0.3, 0.4) is 0 Å². The number of rotatable bonds is 2. The first-order chi connectivity index (χ1) is 15.0. The summed E-state index contributed by atoms with van der Waals surface area (Å²) in [6.07, 6.45) is 12.1. The Morgan fingerprint density at radius 3 is 2.26 bits per heavy atom. The molecule has 31 heavy (non-hydrogen) atoms. The summed E-state index contributed by atoms with van der Waals surface area (Å²) in [6.45, 7) is 20.1. The quantitative estimate of drug-likeness (QED) is 0.405. The number of aliphatic imine (C=N–C) groups is 1. The van der Waals surface area contributed by atoms with E-state index in [2.05, 4.69) is 22.5 Å². The van der Waals surface area contributed by atoms with Crippen molar-refractivity contribution in [3.8, 4) is 12.3 Å². The number of hydrogen-bond acceptors (Lipinski definition) is 3. The lowest BCUT2D eigenvalue weighted by Crippen LogP contribution is -2.17. The average Bonchev–Trinajstić information content (AvgIpc) is 3.12. The van der Waals surface area contributed by atoms with E-state index in [1.165, 1.54) is 6.20 Å². The maximum absolute atomic E-state index is 11.5. The van der Waals surface area contributed by atoms with Gasteiger partial charge in [-0.3, -0.25) is 14.8 Å². The Morgan fingerprint density at radius 1 is 1.13 bits per heavy atom. The molecule has 0 aliphatic carbocycles. The number of carbonyl (C=O) groups excluding carboxylic acids is 1. The zero-order chi connectivity index (χ0) is 24.4. The van der Waals surface area contributed by atoms with Gasteiger partial charge in [0.05, 0.1) is 5.56 Å². The molecule has 1 aromatic heterocycles. The Morgan fingerprint density at radius 2 is 1.74 bits per heavy atom. The number of hydrogen-bond donors (Lipinski definition) is 0. The van der Waals surface area contributed by atoms with Crippen LogP contribution in [0.25, 0.3) is 0 Å². The zero-order valence-electron chi connectivity index (χ0n) is 20.8. The Balaban J connectivity index is 0. The standard InChI is InChI=1S/C12H11N.C9H10N2O.3C2H6/c1-4-11-7-6-8-12(10(11)3)9-13-5-2;1-6-3-10-4-7-5-11(2)9(12)8(6)7;3*1-2/h1,5-9H,2H2,3H3;3-4H,5H2,1-2H3;3*1-2H3. The van der Waals surface area contributed by atoms with Crippen molar-refractivity contribution in [1.82, 2.24) is 9.88 Å². The minimum atomic E-state index is 0.116. The Kier molecular flexibility index (Phi) is 17.1. The molecule has 168 valence electrons. The molecule has 2 heterocycles. The monoisotopic (exact) mass is 421 g/mol. The highest BCUT2D eigenvalue weighted by Crippen LogP contribution is 2.22. The highest BCUT2D eigenvalue weighted by molar-refractivity contribution is 5.99. The third-order valence-corrected chi connectivity index (χ3v) is 4.03. The van der Waals surface area contributed by atoms with Crippen LogP contribution in [0.15, 0.2) is 48.4 Å². The summed E-state index contributed by atoms with van der Waals surface area (Å²) < 4.78 is 0. The van der Waals surface area contributed by atoms with E-state index in [-0.39, 0.29) is 5.91 Å². The van der Waals surface area contributed by atoms with Gasteiger partial charge in [0, 0.05) is 49.5 Å². The van der Waals surface area contributed by atoms with Crippen molar-refractivity contribution in [1.29, 1.82) is 0 Å². The summed E-state index contributed by atoms with van der Waals surface area (Å²) in [5.74, 6) is 2.74. The molecule has 0 unspecified atom stereocenters. The van der Waals surface area contributed by atoms with Crippen molar-refractivity contribution in [3.05, 3.63) is 76.8 Å². The number of pyridine rings is 1. The lowest BCUT2D eigenvalue weighted by atomic mass is 10.0. The van der Waals surface area contributed by atoms with E-state index in [1.54, 1.807) is 23.5 Å². The van der Waals surface area contributed by atoms with E-state index >= 15 is 0 Å². The first kappa shape index (κ1) is 30.0. The highest BCUT2D eigenvalue weighted by Gasteiger charge is 2.25. The van der Waals surface area contributed by atoms with E-state index in [0.29, 0.717) is 6.54 Å². The number of amides is 1. The summed E-state index contributed by atoms with van der Waals surface area (Å²) >= 11 is 0. The van der Waals surface area contributed by atoms with Gasteiger partial charge in [-0.1, -0.05) is 66.2 Å². The molecule has 0 N–H and O–H groups in total. The van der Waals surface area contributed by atoms with E-state index < -0.39 is 0 Å². The fourth-order valence-corrected chi connectivity index (χ4v) is 2.65. The van der Waals surface area contributed by atoms with Gasteiger partial charge in [0.2, 0.25) is 0 Å². The average molecular weight is 422 g/mol. The number of terminal acetylenes is 1. The number of aromatic nitrogens is 1. The summed E-state index contributed by atoms with van der Waals surface area (Å²) in [7, 11) is 1.81. The van der Waals surface area contributed by atoms with Crippen LogP contribution in [0.2, 0.25) is 0 Å². The lowest BCUT2D eigenvalue weighted by molar-refractivity contribution is 0.0816. The van der Waals surface area contributed by atoms with Crippen LogP contribution in [0, 0.1) is 26.2 Å². The van der Waals surface area contributed by atoms with Gasteiger partial charge < -0.3 is 4.90 Å². The summed E-state index contributed by atoms with van der Waals surface area (Å²) in [6, 6.07) is 5.82. The maximum Gasteiger partial charge on any atom is 0.254 e. The Bertz CT molecular complexity index is 877. The SMILES string of the molecule is C#Cc1cccc(C=NC=C)c1C.CC.CC.CC.Cc1cncc2c1C(=O)N(C)C2. The molecule has 1 aliphatic heterocycles. The van der Waals surface area contributed by atoms with E-state index in [9.17, 15) is 4.79 Å². The van der Waals surface area contributed by atoms with Gasteiger partial charge in [-0.15, -0.1) is 6.42 Å². The minimum absolute atomic E-state index is 0.116. The molecule has 1 aliphatic rings. The number of benzene rings is 1. The fraction of sp³-hybridized carbons (Fsp3) is 0.370. The third kappa shape index (κ3) is 9.00. The Hall–Kier alpha value is -3.19. The maximum atomic E-state index is 11.5. The molecule has 0 saturated carbocycles. The molecular formula is C27H39N3O. The molecule has 0 bridgehead atoms. The second kappa shape index (κ2) is 17.7. The predicted molar refractivity (Wildman–Crippen MR) is 136 cm³/mol. The summed E-state index contributed by atoms with van der Waals surface area (Å²) in [4.78, 5) is 21.2. The summed E-state index contributed by atoms with van der Waals surface area (Å²) in [5.41, 5.74) is 5.89. The number of carbonyl (C=O) groups is 1. The molecule has 1 amide bonds. The second-order valence-electron chi connectivity index (χ2n) is 5.78. The van der Waals surface area contributed by atoms with Crippen LogP contribution in [-0.4, -0.2) is 29.1 Å². The second-order valence-corrected chi connectivity index (χ2v) is 5.78. The normalized spacial score (nSPS) is 10.6. The molecule has 0 atom stereocenters. The lowest BCUT2D eigenvalue weighted by Gasteiger charge is -2.04. The zero-order valence-corrected chi connectivity index (χ0v) is 20.8. The van der Waals surface area contributed by atoms with Crippen molar-refractivity contribution < 1.29 is 4.79 Å². The molecule has 3 rings (SSSR count). The molecule has 0 spiro atoms. The number of fused-ring (bicyclic) bond motifs is 1. The van der Waals surface area contributed by atoms with E-state index in [1.807, 2.05) is 80.6 Å².